The van der Waals surface area contributed by atoms with E-state index >= 15 is 0 Å². The van der Waals surface area contributed by atoms with E-state index in [0.29, 0.717) is 18.1 Å². The Kier molecular flexibility index (Phi) is 5.22. The predicted octanol–water partition coefficient (Wildman–Crippen LogP) is 2.79. The highest BCUT2D eigenvalue weighted by atomic mass is 79.9. The summed E-state index contributed by atoms with van der Waals surface area (Å²) in [6.07, 6.45) is 2.73. The maximum atomic E-state index is 12.1. The van der Waals surface area contributed by atoms with Gasteiger partial charge in [0, 0.05) is 10.9 Å². The third-order valence-corrected chi connectivity index (χ3v) is 3.86. The number of methoxy groups -OCH3 is 1. The van der Waals surface area contributed by atoms with Crippen LogP contribution in [0.25, 0.3) is 0 Å². The Morgan fingerprint density at radius 3 is 2.89 bits per heavy atom. The minimum absolute atomic E-state index is 0.0586. The van der Waals surface area contributed by atoms with Crippen LogP contribution in [0.5, 0.6) is 5.75 Å². The Labute approximate surface area is 122 Å². The first-order chi connectivity index (χ1) is 9.19. The van der Waals surface area contributed by atoms with Crippen LogP contribution in [-0.4, -0.2) is 26.1 Å². The molecule has 0 radical (unpaired) electrons. The molecular weight excluding hydrogens is 308 g/mol. The van der Waals surface area contributed by atoms with Crippen molar-refractivity contribution >= 4 is 27.5 Å². The number of hydrogen-bond donors (Lipinski definition) is 2. The second-order valence-corrected chi connectivity index (χ2v) is 5.71. The number of halogens is 1. The van der Waals surface area contributed by atoms with Crippen molar-refractivity contribution in [3.05, 3.63) is 22.7 Å². The van der Waals surface area contributed by atoms with Gasteiger partial charge in [-0.3, -0.25) is 4.79 Å². The van der Waals surface area contributed by atoms with Gasteiger partial charge in [-0.1, -0.05) is 15.9 Å². The molecule has 0 unspecified atom stereocenters. The molecule has 2 N–H and O–H groups in total. The van der Waals surface area contributed by atoms with Gasteiger partial charge in [0.1, 0.15) is 5.75 Å². The molecule has 104 valence electrons. The SMILES string of the molecule is COc1ccc(Br)cc1NC(=O)CC1CCNCC1. The summed E-state index contributed by atoms with van der Waals surface area (Å²) in [6.45, 7) is 2.02. The van der Waals surface area contributed by atoms with E-state index in [1.54, 1.807) is 7.11 Å². The Balaban J connectivity index is 1.95. The molecule has 1 saturated heterocycles. The van der Waals surface area contributed by atoms with Crippen molar-refractivity contribution in [3.63, 3.8) is 0 Å². The number of anilines is 1. The summed E-state index contributed by atoms with van der Waals surface area (Å²) < 4.78 is 6.17. The van der Waals surface area contributed by atoms with Crippen molar-refractivity contribution in [2.45, 2.75) is 19.3 Å². The molecule has 5 heteroatoms. The fraction of sp³-hybridized carbons (Fsp3) is 0.500. The molecule has 1 fully saturated rings. The molecule has 0 bridgehead atoms. The molecule has 0 atom stereocenters. The topological polar surface area (TPSA) is 50.4 Å². The molecule has 0 aromatic heterocycles. The first kappa shape index (κ1) is 14.3. The average molecular weight is 327 g/mol. The van der Waals surface area contributed by atoms with Crippen molar-refractivity contribution < 1.29 is 9.53 Å². The fourth-order valence-electron chi connectivity index (χ4n) is 2.33. The molecule has 0 saturated carbocycles. The molecule has 0 spiro atoms. The number of amides is 1. The number of rotatable bonds is 4. The van der Waals surface area contributed by atoms with Gasteiger partial charge in [-0.2, -0.15) is 0 Å². The van der Waals surface area contributed by atoms with E-state index < -0.39 is 0 Å². The monoisotopic (exact) mass is 326 g/mol. The van der Waals surface area contributed by atoms with Gasteiger partial charge in [-0.05, 0) is 50.0 Å². The number of ether oxygens (including phenoxy) is 1. The number of benzene rings is 1. The van der Waals surface area contributed by atoms with Crippen molar-refractivity contribution in [3.8, 4) is 5.75 Å². The molecule has 1 aliphatic rings. The summed E-state index contributed by atoms with van der Waals surface area (Å²) in [7, 11) is 1.60. The highest BCUT2D eigenvalue weighted by Gasteiger charge is 2.17. The van der Waals surface area contributed by atoms with E-state index in [2.05, 4.69) is 26.6 Å². The molecule has 1 aliphatic heterocycles. The van der Waals surface area contributed by atoms with Crippen LogP contribution in [0.1, 0.15) is 19.3 Å². The molecule has 0 aliphatic carbocycles. The Morgan fingerprint density at radius 1 is 1.47 bits per heavy atom. The van der Waals surface area contributed by atoms with Crippen LogP contribution in [0.4, 0.5) is 5.69 Å². The second kappa shape index (κ2) is 6.91. The van der Waals surface area contributed by atoms with Crippen LogP contribution in [0.2, 0.25) is 0 Å². The Bertz CT molecular complexity index is 445. The van der Waals surface area contributed by atoms with Gasteiger partial charge in [0.2, 0.25) is 5.91 Å². The lowest BCUT2D eigenvalue weighted by atomic mass is 9.94. The number of piperidine rings is 1. The molecule has 2 rings (SSSR count). The summed E-state index contributed by atoms with van der Waals surface area (Å²) in [5.74, 6) is 1.23. The highest BCUT2D eigenvalue weighted by Crippen LogP contribution is 2.28. The van der Waals surface area contributed by atoms with Crippen LogP contribution in [0, 0.1) is 5.92 Å². The number of carbonyl (C=O) groups excluding carboxylic acids is 1. The molecule has 1 amide bonds. The third kappa shape index (κ3) is 4.21. The molecule has 1 aromatic rings. The lowest BCUT2D eigenvalue weighted by molar-refractivity contribution is -0.117. The van der Waals surface area contributed by atoms with Crippen LogP contribution in [0.15, 0.2) is 22.7 Å². The maximum Gasteiger partial charge on any atom is 0.224 e. The largest absolute Gasteiger partial charge is 0.495 e. The van der Waals surface area contributed by atoms with Crippen molar-refractivity contribution in [1.29, 1.82) is 0 Å². The quantitative estimate of drug-likeness (QED) is 0.894. The minimum Gasteiger partial charge on any atom is -0.495 e. The van der Waals surface area contributed by atoms with E-state index in [-0.39, 0.29) is 5.91 Å². The lowest BCUT2D eigenvalue weighted by Crippen LogP contribution is -2.30. The zero-order chi connectivity index (χ0) is 13.7. The van der Waals surface area contributed by atoms with Gasteiger partial charge in [0.05, 0.1) is 12.8 Å². The third-order valence-electron chi connectivity index (χ3n) is 3.37. The summed E-state index contributed by atoms with van der Waals surface area (Å²) in [6, 6.07) is 5.59. The number of hydrogen-bond acceptors (Lipinski definition) is 3. The summed E-state index contributed by atoms with van der Waals surface area (Å²) in [5, 5.41) is 6.24. The zero-order valence-corrected chi connectivity index (χ0v) is 12.6. The Hall–Kier alpha value is -1.07. The van der Waals surface area contributed by atoms with Gasteiger partial charge < -0.3 is 15.4 Å². The first-order valence-corrected chi connectivity index (χ1v) is 7.32. The van der Waals surface area contributed by atoms with Crippen LogP contribution in [-0.2, 0) is 4.79 Å². The normalized spacial score (nSPS) is 16.1. The van der Waals surface area contributed by atoms with E-state index in [1.807, 2.05) is 18.2 Å². The molecular formula is C14H19BrN2O2. The van der Waals surface area contributed by atoms with Gasteiger partial charge in [-0.25, -0.2) is 0 Å². The van der Waals surface area contributed by atoms with Gasteiger partial charge in [-0.15, -0.1) is 0 Å². The van der Waals surface area contributed by atoms with Gasteiger partial charge in [0.15, 0.2) is 0 Å². The van der Waals surface area contributed by atoms with E-state index in [1.165, 1.54) is 0 Å². The lowest BCUT2D eigenvalue weighted by Gasteiger charge is -2.22. The standard InChI is InChI=1S/C14H19BrN2O2/c1-19-13-3-2-11(15)9-12(13)17-14(18)8-10-4-6-16-7-5-10/h2-3,9-10,16H,4-8H2,1H3,(H,17,18). The van der Waals surface area contributed by atoms with E-state index in [0.717, 1.165) is 36.1 Å². The van der Waals surface area contributed by atoms with E-state index in [4.69, 9.17) is 4.74 Å². The second-order valence-electron chi connectivity index (χ2n) is 4.79. The molecule has 19 heavy (non-hydrogen) atoms. The van der Waals surface area contributed by atoms with Crippen LogP contribution in [0.3, 0.4) is 0 Å². The average Bonchev–Trinajstić information content (AvgIpc) is 2.40. The maximum absolute atomic E-state index is 12.1. The number of carbonyl (C=O) groups is 1. The van der Waals surface area contributed by atoms with E-state index in [9.17, 15) is 4.79 Å². The highest BCUT2D eigenvalue weighted by molar-refractivity contribution is 9.10. The van der Waals surface area contributed by atoms with Crippen LogP contribution >= 0.6 is 15.9 Å². The Morgan fingerprint density at radius 2 is 2.21 bits per heavy atom. The van der Waals surface area contributed by atoms with Gasteiger partial charge in [0.25, 0.3) is 0 Å². The van der Waals surface area contributed by atoms with Crippen molar-refractivity contribution in [2.75, 3.05) is 25.5 Å². The minimum atomic E-state index is 0.0586. The van der Waals surface area contributed by atoms with Gasteiger partial charge >= 0.3 is 0 Å². The molecule has 4 nitrogen and oxygen atoms in total. The van der Waals surface area contributed by atoms with Crippen LogP contribution < -0.4 is 15.4 Å². The zero-order valence-electron chi connectivity index (χ0n) is 11.0. The number of nitrogens with one attached hydrogen (secondary N) is 2. The summed E-state index contributed by atoms with van der Waals surface area (Å²) in [4.78, 5) is 12.1. The molecule has 1 heterocycles. The fourth-order valence-corrected chi connectivity index (χ4v) is 2.69. The van der Waals surface area contributed by atoms with Crippen molar-refractivity contribution in [1.82, 2.24) is 5.32 Å². The smallest absolute Gasteiger partial charge is 0.224 e. The first-order valence-electron chi connectivity index (χ1n) is 6.53. The summed E-state index contributed by atoms with van der Waals surface area (Å²) in [5.41, 5.74) is 0.718. The molecule has 1 aromatic carbocycles. The van der Waals surface area contributed by atoms with Crippen molar-refractivity contribution in [2.24, 2.45) is 5.92 Å². The summed E-state index contributed by atoms with van der Waals surface area (Å²) >= 11 is 3.40. The predicted molar refractivity (Wildman–Crippen MR) is 79.5 cm³/mol.